The number of carbonyl (C=O) groups is 1. The number of nitrogens with zero attached hydrogens (tertiary/aromatic N) is 3. The molecule has 3 aliphatic heterocycles. The summed E-state index contributed by atoms with van der Waals surface area (Å²) in [4.78, 5) is 14.7. The monoisotopic (exact) mass is 495 g/mol. The number of piperidine rings is 2. The summed E-state index contributed by atoms with van der Waals surface area (Å²) in [5.41, 5.74) is 3.68. The Balaban J connectivity index is 1.36. The average molecular weight is 496 g/mol. The second kappa shape index (κ2) is 8.47. The molecule has 1 atom stereocenters. The molecule has 4 aliphatic rings. The molecule has 2 aromatic rings. The lowest BCUT2D eigenvalue weighted by molar-refractivity contribution is 0.00135. The van der Waals surface area contributed by atoms with Crippen LogP contribution in [0.15, 0.2) is 12.1 Å². The number of carbonyl (C=O) groups excluding carboxylic acids is 1. The number of urea groups is 1. The molecule has 1 saturated carbocycles. The van der Waals surface area contributed by atoms with Crippen LogP contribution in [0.4, 0.5) is 9.18 Å². The van der Waals surface area contributed by atoms with Crippen LogP contribution >= 0.6 is 0 Å². The molecular weight excluding hydrogens is 457 g/mol. The quantitative estimate of drug-likeness (QED) is 0.641. The number of hydrogen-bond acceptors (Lipinski definition) is 4. The van der Waals surface area contributed by atoms with Gasteiger partial charge in [-0.2, -0.15) is 5.10 Å². The van der Waals surface area contributed by atoms with E-state index in [0.717, 1.165) is 48.4 Å². The van der Waals surface area contributed by atoms with Gasteiger partial charge in [0.15, 0.2) is 11.6 Å². The van der Waals surface area contributed by atoms with Gasteiger partial charge in [-0.3, -0.25) is 4.68 Å². The number of nitrogens with one attached hydrogen (secondary N) is 2. The van der Waals surface area contributed by atoms with E-state index in [1.165, 1.54) is 12.8 Å². The summed E-state index contributed by atoms with van der Waals surface area (Å²) in [6.45, 7) is 11.2. The fourth-order valence-electron chi connectivity index (χ4n) is 6.43. The molecule has 0 bridgehead atoms. The Morgan fingerprint density at radius 2 is 1.97 bits per heavy atom. The highest BCUT2D eigenvalue weighted by Gasteiger charge is 2.49. The summed E-state index contributed by atoms with van der Waals surface area (Å²) in [5.74, 6) is 0.646. The van der Waals surface area contributed by atoms with Gasteiger partial charge in [0.25, 0.3) is 0 Å². The predicted octanol–water partition coefficient (Wildman–Crippen LogP) is 4.81. The number of rotatable bonds is 3. The van der Waals surface area contributed by atoms with Gasteiger partial charge in [-0.25, -0.2) is 9.18 Å². The number of amides is 2. The lowest BCUT2D eigenvalue weighted by Gasteiger charge is -2.44. The van der Waals surface area contributed by atoms with Gasteiger partial charge in [0.1, 0.15) is 11.3 Å². The molecule has 194 valence electrons. The van der Waals surface area contributed by atoms with Crippen molar-refractivity contribution in [1.29, 1.82) is 0 Å². The Hall–Kier alpha value is -2.61. The summed E-state index contributed by atoms with van der Waals surface area (Å²) >= 11 is 0. The Labute approximate surface area is 212 Å². The van der Waals surface area contributed by atoms with Gasteiger partial charge in [0.2, 0.25) is 0 Å². The van der Waals surface area contributed by atoms with Crippen LogP contribution < -0.4 is 15.4 Å². The van der Waals surface area contributed by atoms with Gasteiger partial charge in [-0.05, 0) is 77.5 Å². The molecule has 2 amide bonds. The van der Waals surface area contributed by atoms with Crippen molar-refractivity contribution in [2.75, 3.05) is 26.2 Å². The van der Waals surface area contributed by atoms with Gasteiger partial charge in [-0.1, -0.05) is 6.07 Å². The topological polar surface area (TPSA) is 71.4 Å². The lowest BCUT2D eigenvalue weighted by atomic mass is 9.79. The van der Waals surface area contributed by atoms with E-state index < -0.39 is 5.60 Å². The summed E-state index contributed by atoms with van der Waals surface area (Å²) < 4.78 is 24.3. The van der Waals surface area contributed by atoms with Crippen molar-refractivity contribution in [3.8, 4) is 17.0 Å². The molecule has 8 heteroatoms. The van der Waals surface area contributed by atoms with Crippen molar-refractivity contribution in [2.45, 2.75) is 83.4 Å². The number of fused-ring (bicyclic) bond motifs is 4. The fourth-order valence-corrected chi connectivity index (χ4v) is 6.43. The van der Waals surface area contributed by atoms with Crippen LogP contribution in [0.2, 0.25) is 0 Å². The Kier molecular flexibility index (Phi) is 5.59. The lowest BCUT2D eigenvalue weighted by Crippen LogP contribution is -2.52. The van der Waals surface area contributed by atoms with Crippen molar-refractivity contribution in [3.05, 3.63) is 34.8 Å². The first kappa shape index (κ1) is 23.8. The molecule has 0 radical (unpaired) electrons. The molecule has 1 aromatic heterocycles. The Bertz CT molecular complexity index is 1190. The smallest absolute Gasteiger partial charge is 0.317 e. The zero-order valence-electron chi connectivity index (χ0n) is 21.9. The summed E-state index contributed by atoms with van der Waals surface area (Å²) in [7, 11) is 0. The molecule has 1 aliphatic carbocycles. The first-order chi connectivity index (χ1) is 17.2. The molecular formula is C28H38FN5O2. The van der Waals surface area contributed by atoms with Gasteiger partial charge in [-0.15, -0.1) is 0 Å². The number of hydrogen-bond donors (Lipinski definition) is 2. The molecule has 0 unspecified atom stereocenters. The molecule has 2 saturated heterocycles. The van der Waals surface area contributed by atoms with Crippen molar-refractivity contribution in [3.63, 3.8) is 0 Å². The predicted molar refractivity (Wildman–Crippen MR) is 137 cm³/mol. The van der Waals surface area contributed by atoms with Crippen LogP contribution in [-0.2, 0) is 5.60 Å². The van der Waals surface area contributed by atoms with E-state index in [2.05, 4.69) is 36.1 Å². The SMILES string of the molecule is Cc1ccc2c(c1F)OC1(CCN(C(=O)NCC3CC3)CC1)c1c-2nn([C@@H]2CCNC(C)(C)C2)c1C. The molecule has 2 N–H and O–H groups in total. The van der Waals surface area contributed by atoms with E-state index in [-0.39, 0.29) is 23.4 Å². The van der Waals surface area contributed by atoms with Gasteiger partial charge in [0, 0.05) is 54.8 Å². The third-order valence-electron chi connectivity index (χ3n) is 8.72. The number of benzene rings is 1. The van der Waals surface area contributed by atoms with Crippen molar-refractivity contribution < 1.29 is 13.9 Å². The molecule has 4 heterocycles. The standard InChI is InChI=1S/C28H38FN5O2/c1-17-5-8-21-24-22(18(2)34(32-24)20-9-12-31-27(3,4)15-20)28(36-25(21)23(17)29)10-13-33(14-11-28)26(35)30-16-19-6-7-19/h5,8,19-20,31H,6-7,9-16H2,1-4H3,(H,30,35)/t20-/m1/s1. The number of ether oxygens (including phenoxy) is 1. The van der Waals surface area contributed by atoms with Gasteiger partial charge >= 0.3 is 6.03 Å². The van der Waals surface area contributed by atoms with E-state index in [4.69, 9.17) is 9.84 Å². The van der Waals surface area contributed by atoms with Crippen molar-refractivity contribution in [1.82, 2.24) is 25.3 Å². The largest absolute Gasteiger partial charge is 0.478 e. The molecule has 7 nitrogen and oxygen atoms in total. The van der Waals surface area contributed by atoms with Gasteiger partial charge in [0.05, 0.1) is 6.04 Å². The molecule has 1 aromatic carbocycles. The maximum absolute atomic E-state index is 15.4. The van der Waals surface area contributed by atoms with Crippen LogP contribution in [0.3, 0.4) is 0 Å². The first-order valence-corrected chi connectivity index (χ1v) is 13.5. The zero-order valence-corrected chi connectivity index (χ0v) is 21.9. The number of halogens is 1. The van der Waals surface area contributed by atoms with Crippen LogP contribution in [0, 0.1) is 25.6 Å². The van der Waals surface area contributed by atoms with E-state index in [1.807, 2.05) is 17.0 Å². The maximum Gasteiger partial charge on any atom is 0.317 e. The highest BCUT2D eigenvalue weighted by Crippen LogP contribution is 2.52. The average Bonchev–Trinajstić information content (AvgIpc) is 3.61. The molecule has 36 heavy (non-hydrogen) atoms. The minimum atomic E-state index is -0.686. The maximum atomic E-state index is 15.4. The highest BCUT2D eigenvalue weighted by molar-refractivity contribution is 5.76. The van der Waals surface area contributed by atoms with Crippen LogP contribution in [-0.4, -0.2) is 52.4 Å². The minimum absolute atomic E-state index is 0.000405. The molecule has 3 fully saturated rings. The summed E-state index contributed by atoms with van der Waals surface area (Å²) in [5, 5.41) is 11.9. The number of likely N-dealkylation sites (tertiary alicyclic amines) is 1. The normalized spacial score (nSPS) is 24.1. The zero-order chi connectivity index (χ0) is 25.2. The number of aryl methyl sites for hydroxylation is 1. The second-order valence-electron chi connectivity index (χ2n) is 12.0. The molecule has 1 spiro atoms. The van der Waals surface area contributed by atoms with Crippen LogP contribution in [0.25, 0.3) is 11.3 Å². The van der Waals surface area contributed by atoms with Gasteiger partial charge < -0.3 is 20.3 Å². The summed E-state index contributed by atoms with van der Waals surface area (Å²) in [6, 6.07) is 4.03. The number of aromatic nitrogens is 2. The van der Waals surface area contributed by atoms with E-state index >= 15 is 4.39 Å². The first-order valence-electron chi connectivity index (χ1n) is 13.5. The van der Waals surface area contributed by atoms with Crippen molar-refractivity contribution in [2.24, 2.45) is 5.92 Å². The minimum Gasteiger partial charge on any atom is -0.478 e. The third kappa shape index (κ3) is 3.98. The van der Waals surface area contributed by atoms with E-state index in [1.54, 1.807) is 6.92 Å². The van der Waals surface area contributed by atoms with E-state index in [9.17, 15) is 4.79 Å². The van der Waals surface area contributed by atoms with Crippen molar-refractivity contribution >= 4 is 6.03 Å². The third-order valence-corrected chi connectivity index (χ3v) is 8.72. The summed E-state index contributed by atoms with van der Waals surface area (Å²) in [6.07, 6.45) is 5.64. The second-order valence-corrected chi connectivity index (χ2v) is 12.0. The Morgan fingerprint density at radius 1 is 1.22 bits per heavy atom. The van der Waals surface area contributed by atoms with Crippen LogP contribution in [0.5, 0.6) is 5.75 Å². The molecule has 6 rings (SSSR count). The van der Waals surface area contributed by atoms with Crippen LogP contribution in [0.1, 0.15) is 75.2 Å². The van der Waals surface area contributed by atoms with E-state index in [0.29, 0.717) is 43.2 Å². The highest BCUT2D eigenvalue weighted by atomic mass is 19.1. The fraction of sp³-hybridized carbons (Fsp3) is 0.643. The Morgan fingerprint density at radius 3 is 2.67 bits per heavy atom.